The van der Waals surface area contributed by atoms with Crippen LogP contribution >= 0.6 is 11.6 Å². The number of carbonyl (C=O) groups is 1. The molecule has 2 aromatic carbocycles. The average molecular weight is 330 g/mol. The number of hydrogen-bond donors (Lipinski definition) is 2. The van der Waals surface area contributed by atoms with Gasteiger partial charge in [-0.15, -0.1) is 0 Å². The molecule has 4 nitrogen and oxygen atoms in total. The molecule has 0 unspecified atom stereocenters. The molecule has 1 amide bonds. The van der Waals surface area contributed by atoms with Crippen LogP contribution in [-0.2, 0) is 6.54 Å². The fourth-order valence-corrected chi connectivity index (χ4v) is 2.35. The summed E-state index contributed by atoms with van der Waals surface area (Å²) < 4.78 is 13.4. The SMILES string of the molecule is Nc1cc2cc(C(=O)NCc3ccc(Cl)c(F)c3)ccc2cn1. The average Bonchev–Trinajstić information content (AvgIpc) is 2.55. The first-order valence-corrected chi connectivity index (χ1v) is 7.28. The highest BCUT2D eigenvalue weighted by Crippen LogP contribution is 2.18. The van der Waals surface area contributed by atoms with E-state index in [0.717, 1.165) is 10.8 Å². The molecule has 0 saturated carbocycles. The third kappa shape index (κ3) is 3.40. The minimum atomic E-state index is -0.507. The van der Waals surface area contributed by atoms with Crippen molar-refractivity contribution in [1.29, 1.82) is 0 Å². The maximum atomic E-state index is 13.4. The number of pyridine rings is 1. The number of hydrogen-bond acceptors (Lipinski definition) is 3. The molecule has 0 aliphatic heterocycles. The van der Waals surface area contributed by atoms with Crippen LogP contribution in [0.25, 0.3) is 10.8 Å². The van der Waals surface area contributed by atoms with E-state index in [1.54, 1.807) is 36.5 Å². The molecule has 116 valence electrons. The number of benzene rings is 2. The number of nitrogens with two attached hydrogens (primary N) is 1. The lowest BCUT2D eigenvalue weighted by Crippen LogP contribution is -2.22. The smallest absolute Gasteiger partial charge is 0.251 e. The molecule has 0 aliphatic carbocycles. The Labute approximate surface area is 137 Å². The van der Waals surface area contributed by atoms with Gasteiger partial charge < -0.3 is 11.1 Å². The van der Waals surface area contributed by atoms with E-state index >= 15 is 0 Å². The Hall–Kier alpha value is -2.66. The minimum absolute atomic E-state index is 0.0563. The summed E-state index contributed by atoms with van der Waals surface area (Å²) in [4.78, 5) is 16.2. The second-order valence-corrected chi connectivity index (χ2v) is 5.51. The zero-order valence-electron chi connectivity index (χ0n) is 12.0. The maximum Gasteiger partial charge on any atom is 0.251 e. The van der Waals surface area contributed by atoms with Gasteiger partial charge in [0.15, 0.2) is 0 Å². The number of rotatable bonds is 3. The van der Waals surface area contributed by atoms with Crippen LogP contribution in [0.2, 0.25) is 5.02 Å². The van der Waals surface area contributed by atoms with E-state index in [1.165, 1.54) is 12.1 Å². The fraction of sp³-hybridized carbons (Fsp3) is 0.0588. The van der Waals surface area contributed by atoms with Gasteiger partial charge in [-0.3, -0.25) is 4.79 Å². The van der Waals surface area contributed by atoms with Crippen LogP contribution in [0, 0.1) is 5.82 Å². The van der Waals surface area contributed by atoms with Crippen molar-refractivity contribution in [3.63, 3.8) is 0 Å². The van der Waals surface area contributed by atoms with E-state index in [-0.39, 0.29) is 17.5 Å². The number of nitrogens with zero attached hydrogens (tertiary/aromatic N) is 1. The first-order chi connectivity index (χ1) is 11.0. The van der Waals surface area contributed by atoms with Crippen LogP contribution in [0.1, 0.15) is 15.9 Å². The summed E-state index contributed by atoms with van der Waals surface area (Å²) in [6.45, 7) is 0.212. The van der Waals surface area contributed by atoms with Crippen molar-refractivity contribution >= 4 is 34.1 Å². The first kappa shape index (κ1) is 15.2. The van der Waals surface area contributed by atoms with Crippen molar-refractivity contribution in [3.8, 4) is 0 Å². The van der Waals surface area contributed by atoms with Gasteiger partial charge in [0.1, 0.15) is 11.6 Å². The number of nitrogens with one attached hydrogen (secondary N) is 1. The zero-order chi connectivity index (χ0) is 16.4. The molecule has 0 atom stereocenters. The number of anilines is 1. The highest BCUT2D eigenvalue weighted by Gasteiger charge is 2.08. The standard InChI is InChI=1S/C17H13ClFN3O/c18-14-4-1-10(5-15(14)19)8-22-17(23)11-2-3-12-9-21-16(20)7-13(12)6-11/h1-7,9H,8H2,(H2,20,21)(H,22,23). The summed E-state index contributed by atoms with van der Waals surface area (Å²) >= 11 is 5.63. The monoisotopic (exact) mass is 329 g/mol. The molecule has 1 heterocycles. The molecule has 3 aromatic rings. The van der Waals surface area contributed by atoms with Gasteiger partial charge in [-0.25, -0.2) is 9.37 Å². The second kappa shape index (κ2) is 6.22. The van der Waals surface area contributed by atoms with Crippen LogP contribution in [0.3, 0.4) is 0 Å². The lowest BCUT2D eigenvalue weighted by atomic mass is 10.1. The normalized spacial score (nSPS) is 10.7. The minimum Gasteiger partial charge on any atom is -0.384 e. The fourth-order valence-electron chi connectivity index (χ4n) is 2.23. The van der Waals surface area contributed by atoms with Crippen molar-refractivity contribution < 1.29 is 9.18 Å². The predicted octanol–water partition coefficient (Wildman–Crippen LogP) is 3.54. The molecule has 6 heteroatoms. The highest BCUT2D eigenvalue weighted by molar-refractivity contribution is 6.30. The van der Waals surface area contributed by atoms with Crippen molar-refractivity contribution in [2.75, 3.05) is 5.73 Å². The van der Waals surface area contributed by atoms with Gasteiger partial charge in [-0.05, 0) is 41.3 Å². The van der Waals surface area contributed by atoms with E-state index in [4.69, 9.17) is 17.3 Å². The Kier molecular flexibility index (Phi) is 4.12. The van der Waals surface area contributed by atoms with Gasteiger partial charge in [0, 0.05) is 23.7 Å². The maximum absolute atomic E-state index is 13.4. The van der Waals surface area contributed by atoms with E-state index in [9.17, 15) is 9.18 Å². The molecular formula is C17H13ClFN3O. The van der Waals surface area contributed by atoms with Crippen LogP contribution < -0.4 is 11.1 Å². The molecule has 0 aliphatic rings. The van der Waals surface area contributed by atoms with Gasteiger partial charge in [0.2, 0.25) is 0 Å². The van der Waals surface area contributed by atoms with Gasteiger partial charge >= 0.3 is 0 Å². The van der Waals surface area contributed by atoms with Crippen LogP contribution in [0.5, 0.6) is 0 Å². The Balaban J connectivity index is 1.76. The van der Waals surface area contributed by atoms with E-state index in [1.807, 2.05) is 0 Å². The van der Waals surface area contributed by atoms with E-state index < -0.39 is 5.82 Å². The van der Waals surface area contributed by atoms with Gasteiger partial charge in [-0.1, -0.05) is 23.7 Å². The van der Waals surface area contributed by atoms with Crippen molar-refractivity contribution in [3.05, 3.63) is 70.6 Å². The third-order valence-corrected chi connectivity index (χ3v) is 3.75. The summed E-state index contributed by atoms with van der Waals surface area (Å²) in [6, 6.07) is 11.4. The number of carbonyl (C=O) groups excluding carboxylic acids is 1. The number of amides is 1. The number of aromatic nitrogens is 1. The van der Waals surface area contributed by atoms with Crippen LogP contribution in [0.4, 0.5) is 10.2 Å². The predicted molar refractivity (Wildman–Crippen MR) is 88.7 cm³/mol. The number of nitrogen functional groups attached to an aromatic ring is 1. The molecule has 3 rings (SSSR count). The van der Waals surface area contributed by atoms with Gasteiger partial charge in [0.25, 0.3) is 5.91 Å². The van der Waals surface area contributed by atoms with Crippen molar-refractivity contribution in [2.24, 2.45) is 0 Å². The molecule has 0 saturated heterocycles. The van der Waals surface area contributed by atoms with E-state index in [2.05, 4.69) is 10.3 Å². The quantitative estimate of drug-likeness (QED) is 0.772. The van der Waals surface area contributed by atoms with Crippen molar-refractivity contribution in [1.82, 2.24) is 10.3 Å². The van der Waals surface area contributed by atoms with Crippen LogP contribution in [-0.4, -0.2) is 10.9 Å². The summed E-state index contributed by atoms with van der Waals surface area (Å²) in [5.41, 5.74) is 6.78. The summed E-state index contributed by atoms with van der Waals surface area (Å²) in [5, 5.41) is 4.54. The Morgan fingerprint density at radius 1 is 1.17 bits per heavy atom. The summed E-state index contributed by atoms with van der Waals surface area (Å²) in [6.07, 6.45) is 1.66. The molecule has 0 bridgehead atoms. The largest absolute Gasteiger partial charge is 0.384 e. The highest BCUT2D eigenvalue weighted by atomic mass is 35.5. The number of halogens is 2. The Morgan fingerprint density at radius 3 is 2.78 bits per heavy atom. The molecule has 3 N–H and O–H groups in total. The summed E-state index contributed by atoms with van der Waals surface area (Å²) in [7, 11) is 0. The lowest BCUT2D eigenvalue weighted by molar-refractivity contribution is 0.0951. The number of fused-ring (bicyclic) bond motifs is 1. The lowest BCUT2D eigenvalue weighted by Gasteiger charge is -2.07. The molecule has 0 radical (unpaired) electrons. The molecule has 0 spiro atoms. The molecule has 23 heavy (non-hydrogen) atoms. The molecule has 0 fully saturated rings. The van der Waals surface area contributed by atoms with Crippen LogP contribution in [0.15, 0.2) is 48.7 Å². The van der Waals surface area contributed by atoms with E-state index in [0.29, 0.717) is 16.9 Å². The second-order valence-electron chi connectivity index (χ2n) is 5.10. The molecule has 1 aromatic heterocycles. The summed E-state index contributed by atoms with van der Waals surface area (Å²) in [5.74, 6) is -0.364. The molecular weight excluding hydrogens is 317 g/mol. The Morgan fingerprint density at radius 2 is 2.00 bits per heavy atom. The zero-order valence-corrected chi connectivity index (χ0v) is 12.8. The first-order valence-electron chi connectivity index (χ1n) is 6.90. The Bertz CT molecular complexity index is 898. The van der Waals surface area contributed by atoms with Crippen molar-refractivity contribution in [2.45, 2.75) is 6.54 Å². The third-order valence-electron chi connectivity index (χ3n) is 3.44. The van der Waals surface area contributed by atoms with Gasteiger partial charge in [-0.2, -0.15) is 0 Å². The topological polar surface area (TPSA) is 68.0 Å². The van der Waals surface area contributed by atoms with Gasteiger partial charge in [0.05, 0.1) is 5.02 Å².